The smallest absolute Gasteiger partial charge is 0.180 e. The lowest BCUT2D eigenvalue weighted by Crippen LogP contribution is -2.38. The van der Waals surface area contributed by atoms with E-state index in [1.165, 1.54) is 4.88 Å². The highest BCUT2D eigenvalue weighted by Gasteiger charge is 2.23. The number of nitrogen functional groups attached to an aromatic ring is 1. The van der Waals surface area contributed by atoms with Gasteiger partial charge in [0.05, 0.1) is 0 Å². The molecular weight excluding hydrogens is 206 g/mol. The van der Waals surface area contributed by atoms with Crippen LogP contribution in [-0.4, -0.2) is 23.0 Å². The molecular formula is C11H21N3S. The van der Waals surface area contributed by atoms with Crippen LogP contribution in [0.2, 0.25) is 0 Å². The minimum Gasteiger partial charge on any atom is -0.375 e. The van der Waals surface area contributed by atoms with E-state index in [0.717, 1.165) is 6.54 Å². The Kier molecular flexibility index (Phi) is 3.73. The number of thiazole rings is 1. The van der Waals surface area contributed by atoms with Crippen molar-refractivity contribution in [2.75, 3.05) is 12.8 Å². The average molecular weight is 227 g/mol. The average Bonchev–Trinajstić information content (AvgIpc) is 2.48. The third kappa shape index (κ3) is 3.47. The Morgan fingerprint density at radius 3 is 2.53 bits per heavy atom. The molecule has 1 aromatic heterocycles. The van der Waals surface area contributed by atoms with E-state index < -0.39 is 0 Å². The number of rotatable bonds is 3. The first-order valence-corrected chi connectivity index (χ1v) is 6.03. The number of hydrogen-bond donors (Lipinski definition) is 1. The first-order chi connectivity index (χ1) is 6.80. The van der Waals surface area contributed by atoms with Crippen LogP contribution in [-0.2, 0) is 6.54 Å². The summed E-state index contributed by atoms with van der Waals surface area (Å²) in [5.74, 6) is 0. The molecule has 1 rings (SSSR count). The van der Waals surface area contributed by atoms with Gasteiger partial charge in [-0.05, 0) is 19.4 Å². The van der Waals surface area contributed by atoms with Gasteiger partial charge in [-0.15, -0.1) is 11.3 Å². The third-order valence-electron chi connectivity index (χ3n) is 2.89. The van der Waals surface area contributed by atoms with Crippen molar-refractivity contribution < 1.29 is 0 Å². The highest BCUT2D eigenvalue weighted by Crippen LogP contribution is 2.25. The molecule has 0 aliphatic rings. The van der Waals surface area contributed by atoms with E-state index in [1.54, 1.807) is 11.3 Å². The predicted octanol–water partition coefficient (Wildman–Crippen LogP) is 2.59. The summed E-state index contributed by atoms with van der Waals surface area (Å²) in [4.78, 5) is 7.63. The quantitative estimate of drug-likeness (QED) is 0.863. The molecule has 1 unspecified atom stereocenters. The van der Waals surface area contributed by atoms with Gasteiger partial charge < -0.3 is 5.73 Å². The van der Waals surface area contributed by atoms with E-state index in [0.29, 0.717) is 16.6 Å². The van der Waals surface area contributed by atoms with Crippen molar-refractivity contribution in [3.8, 4) is 0 Å². The molecule has 0 aliphatic heterocycles. The Morgan fingerprint density at radius 2 is 2.13 bits per heavy atom. The molecule has 0 amide bonds. The lowest BCUT2D eigenvalue weighted by atomic mass is 9.87. The Bertz CT molecular complexity index is 314. The molecule has 0 bridgehead atoms. The topological polar surface area (TPSA) is 42.2 Å². The molecule has 0 fully saturated rings. The van der Waals surface area contributed by atoms with Crippen molar-refractivity contribution in [1.82, 2.24) is 9.88 Å². The second-order valence-corrected chi connectivity index (χ2v) is 6.27. The molecule has 1 atom stereocenters. The van der Waals surface area contributed by atoms with Gasteiger partial charge in [-0.25, -0.2) is 4.98 Å². The fourth-order valence-electron chi connectivity index (χ4n) is 1.44. The highest BCUT2D eigenvalue weighted by atomic mass is 32.1. The first kappa shape index (κ1) is 12.5. The summed E-state index contributed by atoms with van der Waals surface area (Å²) in [5, 5.41) is 0.654. The SMILES string of the molecule is CC(N(C)Cc1cnc(N)s1)C(C)(C)C. The molecule has 1 aromatic rings. The van der Waals surface area contributed by atoms with Crippen LogP contribution in [0.25, 0.3) is 0 Å². The van der Waals surface area contributed by atoms with Crippen molar-refractivity contribution >= 4 is 16.5 Å². The van der Waals surface area contributed by atoms with Crippen LogP contribution in [0, 0.1) is 5.41 Å². The summed E-state index contributed by atoms with van der Waals surface area (Å²) in [5.41, 5.74) is 5.90. The molecule has 0 radical (unpaired) electrons. The van der Waals surface area contributed by atoms with E-state index in [-0.39, 0.29) is 0 Å². The largest absolute Gasteiger partial charge is 0.375 e. The summed E-state index contributed by atoms with van der Waals surface area (Å²) in [7, 11) is 2.14. The van der Waals surface area contributed by atoms with Gasteiger partial charge in [0.25, 0.3) is 0 Å². The van der Waals surface area contributed by atoms with Crippen LogP contribution in [0.15, 0.2) is 6.20 Å². The fraction of sp³-hybridized carbons (Fsp3) is 0.727. The van der Waals surface area contributed by atoms with E-state index >= 15 is 0 Å². The minimum absolute atomic E-state index is 0.297. The van der Waals surface area contributed by atoms with Gasteiger partial charge in [0, 0.05) is 23.7 Å². The van der Waals surface area contributed by atoms with Crippen LogP contribution in [0.3, 0.4) is 0 Å². The van der Waals surface area contributed by atoms with Crippen molar-refractivity contribution in [1.29, 1.82) is 0 Å². The summed E-state index contributed by atoms with van der Waals surface area (Å²) < 4.78 is 0. The highest BCUT2D eigenvalue weighted by molar-refractivity contribution is 7.15. The van der Waals surface area contributed by atoms with Gasteiger partial charge in [-0.3, -0.25) is 4.90 Å². The molecule has 0 spiro atoms. The van der Waals surface area contributed by atoms with E-state index in [2.05, 4.69) is 44.6 Å². The first-order valence-electron chi connectivity index (χ1n) is 5.21. The van der Waals surface area contributed by atoms with Crippen molar-refractivity contribution in [2.24, 2.45) is 5.41 Å². The fourth-order valence-corrected chi connectivity index (χ4v) is 2.19. The van der Waals surface area contributed by atoms with Gasteiger partial charge in [0.2, 0.25) is 0 Å². The zero-order valence-corrected chi connectivity index (χ0v) is 11.1. The zero-order valence-electron chi connectivity index (χ0n) is 10.2. The Morgan fingerprint density at radius 1 is 1.53 bits per heavy atom. The maximum Gasteiger partial charge on any atom is 0.180 e. The monoisotopic (exact) mass is 227 g/mol. The summed E-state index contributed by atoms with van der Waals surface area (Å²) in [6, 6.07) is 0.529. The maximum atomic E-state index is 5.61. The second kappa shape index (κ2) is 4.49. The van der Waals surface area contributed by atoms with E-state index in [1.807, 2.05) is 6.20 Å². The number of aromatic nitrogens is 1. The summed E-state index contributed by atoms with van der Waals surface area (Å²) >= 11 is 1.57. The Balaban J connectivity index is 2.59. The number of nitrogens with zero attached hydrogens (tertiary/aromatic N) is 2. The molecule has 15 heavy (non-hydrogen) atoms. The third-order valence-corrected chi connectivity index (χ3v) is 3.70. The van der Waals surface area contributed by atoms with Gasteiger partial charge in [-0.2, -0.15) is 0 Å². The number of anilines is 1. The van der Waals surface area contributed by atoms with Crippen molar-refractivity contribution in [2.45, 2.75) is 40.3 Å². The van der Waals surface area contributed by atoms with Gasteiger partial charge in [0.15, 0.2) is 5.13 Å². The molecule has 1 heterocycles. The van der Waals surface area contributed by atoms with Crippen LogP contribution < -0.4 is 5.73 Å². The second-order valence-electron chi connectivity index (χ2n) is 5.12. The zero-order chi connectivity index (χ0) is 11.6. The molecule has 86 valence electrons. The van der Waals surface area contributed by atoms with Crippen LogP contribution in [0.4, 0.5) is 5.13 Å². The minimum atomic E-state index is 0.297. The normalized spacial score (nSPS) is 14.5. The van der Waals surface area contributed by atoms with E-state index in [4.69, 9.17) is 5.73 Å². The standard InChI is InChI=1S/C11H21N3S/c1-8(11(2,3)4)14(5)7-9-6-13-10(12)15-9/h6,8H,7H2,1-5H3,(H2,12,13). The van der Waals surface area contributed by atoms with E-state index in [9.17, 15) is 0 Å². The van der Waals surface area contributed by atoms with Gasteiger partial charge in [-0.1, -0.05) is 20.8 Å². The molecule has 2 N–H and O–H groups in total. The summed E-state index contributed by atoms with van der Waals surface area (Å²) in [6.07, 6.45) is 1.87. The molecule has 3 nitrogen and oxygen atoms in total. The van der Waals surface area contributed by atoms with Gasteiger partial charge in [0.1, 0.15) is 0 Å². The molecule has 0 saturated carbocycles. The van der Waals surface area contributed by atoms with Crippen LogP contribution in [0.5, 0.6) is 0 Å². The Hall–Kier alpha value is -0.610. The lowest BCUT2D eigenvalue weighted by Gasteiger charge is -2.35. The molecule has 0 aliphatic carbocycles. The Labute approximate surface area is 96.3 Å². The number of hydrogen-bond acceptors (Lipinski definition) is 4. The van der Waals surface area contributed by atoms with Crippen LogP contribution >= 0.6 is 11.3 Å². The maximum absolute atomic E-state index is 5.61. The summed E-state index contributed by atoms with van der Waals surface area (Å²) in [6.45, 7) is 9.96. The van der Waals surface area contributed by atoms with Crippen molar-refractivity contribution in [3.05, 3.63) is 11.1 Å². The predicted molar refractivity (Wildman–Crippen MR) is 66.9 cm³/mol. The van der Waals surface area contributed by atoms with Crippen molar-refractivity contribution in [3.63, 3.8) is 0 Å². The lowest BCUT2D eigenvalue weighted by molar-refractivity contribution is 0.135. The van der Waals surface area contributed by atoms with Gasteiger partial charge >= 0.3 is 0 Å². The molecule has 4 heteroatoms. The van der Waals surface area contributed by atoms with Crippen LogP contribution in [0.1, 0.15) is 32.6 Å². The molecule has 0 saturated heterocycles. The molecule has 0 aromatic carbocycles. The number of nitrogens with two attached hydrogens (primary N) is 1.